The van der Waals surface area contributed by atoms with E-state index >= 15 is 0 Å². The second-order valence-electron chi connectivity index (χ2n) is 8.01. The van der Waals surface area contributed by atoms with Crippen LogP contribution in [0.4, 0.5) is 0 Å². The molecule has 0 unspecified atom stereocenters. The molecule has 1 saturated heterocycles. The normalized spacial score (nSPS) is 17.8. The van der Waals surface area contributed by atoms with Gasteiger partial charge in [0.15, 0.2) is 0 Å². The lowest BCUT2D eigenvalue weighted by molar-refractivity contribution is -0.133. The number of carbonyl (C=O) groups excluding carboxylic acids is 1. The van der Waals surface area contributed by atoms with Gasteiger partial charge in [0.1, 0.15) is 6.54 Å². The summed E-state index contributed by atoms with van der Waals surface area (Å²) in [5.74, 6) is -0.0222. The zero-order chi connectivity index (χ0) is 19.1. The predicted molar refractivity (Wildman–Crippen MR) is 108 cm³/mol. The van der Waals surface area contributed by atoms with Crippen molar-refractivity contribution < 1.29 is 4.79 Å². The largest absolute Gasteiger partial charge is 0.341 e. The highest BCUT2D eigenvalue weighted by Crippen LogP contribution is 2.46. The van der Waals surface area contributed by atoms with Gasteiger partial charge in [0, 0.05) is 18.5 Å². The van der Waals surface area contributed by atoms with Crippen LogP contribution < -0.4 is 5.56 Å². The first-order chi connectivity index (χ1) is 13.7. The van der Waals surface area contributed by atoms with E-state index in [9.17, 15) is 9.59 Å². The fraction of sp³-hybridized carbons (Fsp3) is 0.348. The molecule has 1 aliphatic carbocycles. The Morgan fingerprint density at radius 3 is 2.61 bits per heavy atom. The first-order valence-corrected chi connectivity index (χ1v) is 9.97. The van der Waals surface area contributed by atoms with Crippen molar-refractivity contribution in [2.45, 2.75) is 37.6 Å². The molecule has 1 spiro atoms. The molecule has 1 fully saturated rings. The minimum absolute atomic E-state index is 0.00720. The van der Waals surface area contributed by atoms with E-state index in [1.54, 1.807) is 12.3 Å². The number of fused-ring (bicyclic) bond motifs is 3. The van der Waals surface area contributed by atoms with Crippen molar-refractivity contribution in [1.29, 1.82) is 0 Å². The molecule has 1 aromatic heterocycles. The van der Waals surface area contributed by atoms with Gasteiger partial charge >= 0.3 is 0 Å². The smallest absolute Gasteiger partial charge is 0.275 e. The summed E-state index contributed by atoms with van der Waals surface area (Å²) >= 11 is 0. The zero-order valence-electron chi connectivity index (χ0n) is 15.8. The maximum Gasteiger partial charge on any atom is 0.275 e. The van der Waals surface area contributed by atoms with Gasteiger partial charge in [-0.1, -0.05) is 42.5 Å². The van der Waals surface area contributed by atoms with Crippen LogP contribution in [0.5, 0.6) is 0 Å². The minimum atomic E-state index is -0.204. The van der Waals surface area contributed by atoms with Crippen molar-refractivity contribution in [3.8, 4) is 0 Å². The number of aromatic nitrogens is 2. The molecule has 2 heterocycles. The van der Waals surface area contributed by atoms with Crippen LogP contribution in [0.25, 0.3) is 10.8 Å². The van der Waals surface area contributed by atoms with E-state index in [2.05, 4.69) is 29.4 Å². The fourth-order valence-corrected chi connectivity index (χ4v) is 4.94. The Morgan fingerprint density at radius 2 is 1.75 bits per heavy atom. The summed E-state index contributed by atoms with van der Waals surface area (Å²) in [6, 6.07) is 16.1. The zero-order valence-corrected chi connectivity index (χ0v) is 15.8. The fourth-order valence-electron chi connectivity index (χ4n) is 4.94. The summed E-state index contributed by atoms with van der Waals surface area (Å²) in [5.41, 5.74) is 2.97. The van der Waals surface area contributed by atoms with Crippen molar-refractivity contribution in [2.75, 3.05) is 13.1 Å². The number of carbonyl (C=O) groups is 1. The van der Waals surface area contributed by atoms with E-state index in [1.807, 2.05) is 23.1 Å². The number of benzene rings is 2. The van der Waals surface area contributed by atoms with Gasteiger partial charge in [-0.25, -0.2) is 4.68 Å². The van der Waals surface area contributed by atoms with E-state index in [4.69, 9.17) is 0 Å². The van der Waals surface area contributed by atoms with Crippen LogP contribution in [0, 0.1) is 0 Å². The maximum absolute atomic E-state index is 12.8. The molecule has 0 N–H and O–H groups in total. The molecule has 5 rings (SSSR count). The summed E-state index contributed by atoms with van der Waals surface area (Å²) in [4.78, 5) is 27.3. The van der Waals surface area contributed by atoms with Crippen LogP contribution in [0.15, 0.2) is 59.5 Å². The Balaban J connectivity index is 1.31. The van der Waals surface area contributed by atoms with Crippen molar-refractivity contribution >= 4 is 16.7 Å². The van der Waals surface area contributed by atoms with E-state index in [0.717, 1.165) is 37.7 Å². The minimum Gasteiger partial charge on any atom is -0.341 e. The monoisotopic (exact) mass is 373 g/mol. The van der Waals surface area contributed by atoms with Gasteiger partial charge < -0.3 is 4.90 Å². The lowest BCUT2D eigenvalue weighted by Gasteiger charge is -2.40. The molecule has 2 aromatic carbocycles. The van der Waals surface area contributed by atoms with Gasteiger partial charge in [0.05, 0.1) is 11.6 Å². The Hall–Kier alpha value is -2.95. The SMILES string of the molecule is O=C(Cn1ncc2ccccc2c1=O)N1CCC2(CCc3ccccc32)CC1. The predicted octanol–water partition coefficient (Wildman–Crippen LogP) is 2.90. The number of piperidine rings is 1. The van der Waals surface area contributed by atoms with Crippen LogP contribution in [-0.4, -0.2) is 33.7 Å². The highest BCUT2D eigenvalue weighted by atomic mass is 16.2. The number of rotatable bonds is 2. The lowest BCUT2D eigenvalue weighted by Crippen LogP contribution is -2.46. The number of hydrogen-bond acceptors (Lipinski definition) is 3. The summed E-state index contributed by atoms with van der Waals surface area (Å²) in [6.07, 6.45) is 5.97. The summed E-state index contributed by atoms with van der Waals surface area (Å²) < 4.78 is 1.29. The first kappa shape index (κ1) is 17.2. The molecule has 1 amide bonds. The Bertz CT molecular complexity index is 1110. The molecule has 3 aromatic rings. The first-order valence-electron chi connectivity index (χ1n) is 9.97. The van der Waals surface area contributed by atoms with E-state index in [0.29, 0.717) is 5.39 Å². The van der Waals surface area contributed by atoms with Crippen LogP contribution in [0.1, 0.15) is 30.4 Å². The third-order valence-corrected chi connectivity index (χ3v) is 6.58. The molecule has 142 valence electrons. The average molecular weight is 373 g/mol. The molecule has 5 heteroatoms. The van der Waals surface area contributed by atoms with Crippen molar-refractivity contribution in [3.05, 3.63) is 76.2 Å². The Kier molecular flexibility index (Phi) is 4.04. The molecule has 2 aliphatic rings. The van der Waals surface area contributed by atoms with Crippen LogP contribution in [0.3, 0.4) is 0 Å². The van der Waals surface area contributed by atoms with Gasteiger partial charge in [-0.15, -0.1) is 0 Å². The molecule has 5 nitrogen and oxygen atoms in total. The molecule has 1 aliphatic heterocycles. The van der Waals surface area contributed by atoms with Crippen LogP contribution in [-0.2, 0) is 23.2 Å². The molecule has 0 saturated carbocycles. The highest BCUT2D eigenvalue weighted by molar-refractivity contribution is 5.81. The topological polar surface area (TPSA) is 55.2 Å². The van der Waals surface area contributed by atoms with E-state index < -0.39 is 0 Å². The Labute approximate surface area is 163 Å². The summed E-state index contributed by atoms with van der Waals surface area (Å²) in [6.45, 7) is 1.50. The number of nitrogens with zero attached hydrogens (tertiary/aromatic N) is 3. The third-order valence-electron chi connectivity index (χ3n) is 6.58. The number of likely N-dealkylation sites (tertiary alicyclic amines) is 1. The molecular weight excluding hydrogens is 350 g/mol. The van der Waals surface area contributed by atoms with Crippen LogP contribution in [0.2, 0.25) is 0 Å². The van der Waals surface area contributed by atoms with Crippen molar-refractivity contribution in [3.63, 3.8) is 0 Å². The van der Waals surface area contributed by atoms with Crippen molar-refractivity contribution in [2.24, 2.45) is 0 Å². The lowest BCUT2D eigenvalue weighted by atomic mass is 9.74. The second-order valence-corrected chi connectivity index (χ2v) is 8.01. The van der Waals surface area contributed by atoms with Gasteiger partial charge in [-0.3, -0.25) is 9.59 Å². The number of aryl methyl sites for hydroxylation is 1. The molecule has 0 radical (unpaired) electrons. The molecule has 0 bridgehead atoms. The van der Waals surface area contributed by atoms with Crippen LogP contribution >= 0.6 is 0 Å². The number of amides is 1. The molecule has 28 heavy (non-hydrogen) atoms. The third kappa shape index (κ3) is 2.73. The number of hydrogen-bond donors (Lipinski definition) is 0. The van der Waals surface area contributed by atoms with Gasteiger partial charge in [-0.2, -0.15) is 5.10 Å². The molecule has 0 atom stereocenters. The van der Waals surface area contributed by atoms with E-state index in [1.165, 1.54) is 22.2 Å². The van der Waals surface area contributed by atoms with Gasteiger partial charge in [0.2, 0.25) is 5.91 Å². The standard InChI is InChI=1S/C23H23N3O2/c27-21(16-26-22(28)19-7-3-1-6-18(19)15-24-26)25-13-11-23(12-14-25)10-9-17-5-2-4-8-20(17)23/h1-8,15H,9-14,16H2. The summed E-state index contributed by atoms with van der Waals surface area (Å²) in [5, 5.41) is 5.60. The van der Waals surface area contributed by atoms with E-state index in [-0.39, 0.29) is 23.4 Å². The van der Waals surface area contributed by atoms with Gasteiger partial charge in [0.25, 0.3) is 5.56 Å². The maximum atomic E-state index is 12.8. The highest BCUT2D eigenvalue weighted by Gasteiger charge is 2.41. The molecular formula is C23H23N3O2. The Morgan fingerprint density at radius 1 is 1.00 bits per heavy atom. The van der Waals surface area contributed by atoms with Gasteiger partial charge in [-0.05, 0) is 48.3 Å². The summed E-state index contributed by atoms with van der Waals surface area (Å²) in [7, 11) is 0. The quantitative estimate of drug-likeness (QED) is 0.694. The van der Waals surface area contributed by atoms with Crippen molar-refractivity contribution in [1.82, 2.24) is 14.7 Å². The average Bonchev–Trinajstić information content (AvgIpc) is 3.09. The second kappa shape index (κ2) is 6.59.